The lowest BCUT2D eigenvalue weighted by atomic mass is 10.1. The molecule has 92 valence electrons. The van der Waals surface area contributed by atoms with Crippen LogP contribution >= 0.6 is 0 Å². The molecule has 1 aromatic rings. The lowest BCUT2D eigenvalue weighted by Crippen LogP contribution is -2.23. The second kappa shape index (κ2) is 6.71. The first kappa shape index (κ1) is 13.3. The first-order valence-corrected chi connectivity index (χ1v) is 6.05. The van der Waals surface area contributed by atoms with E-state index in [-0.39, 0.29) is 0 Å². The Morgan fingerprint density at radius 3 is 2.88 bits per heavy atom. The summed E-state index contributed by atoms with van der Waals surface area (Å²) in [6.07, 6.45) is 3.07. The first-order valence-electron chi connectivity index (χ1n) is 6.05. The fourth-order valence-corrected chi connectivity index (χ4v) is 1.80. The summed E-state index contributed by atoms with van der Waals surface area (Å²) in [5, 5.41) is 3.12. The Morgan fingerprint density at radius 1 is 1.50 bits per heavy atom. The van der Waals surface area contributed by atoms with Gasteiger partial charge in [0.15, 0.2) is 0 Å². The van der Waals surface area contributed by atoms with E-state index >= 15 is 0 Å². The fraction of sp³-hybridized carbons (Fsp3) is 0.692. The number of nitrogens with one attached hydrogen (secondary N) is 1. The van der Waals surface area contributed by atoms with Gasteiger partial charge in [-0.2, -0.15) is 0 Å². The Hall–Kier alpha value is -0.800. The van der Waals surface area contributed by atoms with Crippen LogP contribution < -0.4 is 5.32 Å². The summed E-state index contributed by atoms with van der Waals surface area (Å²) in [6, 6.07) is 2.13. The normalized spacial score (nSPS) is 13.3. The molecule has 3 heteroatoms. The maximum Gasteiger partial charge on any atom is 0.118 e. The van der Waals surface area contributed by atoms with Gasteiger partial charge in [0, 0.05) is 18.7 Å². The van der Waals surface area contributed by atoms with Crippen LogP contribution in [-0.2, 0) is 13.1 Å². The predicted octanol–water partition coefficient (Wildman–Crippen LogP) is 2.48. The molecule has 1 atom stereocenters. The molecule has 0 bridgehead atoms. The Bertz CT molecular complexity index is 296. The van der Waals surface area contributed by atoms with E-state index in [9.17, 15) is 0 Å². The molecular weight excluding hydrogens is 200 g/mol. The summed E-state index contributed by atoms with van der Waals surface area (Å²) in [5.74, 6) is 1.80. The zero-order chi connectivity index (χ0) is 12.0. The number of furan rings is 1. The molecule has 1 rings (SSSR count). The molecule has 16 heavy (non-hydrogen) atoms. The Kier molecular flexibility index (Phi) is 5.56. The van der Waals surface area contributed by atoms with Crippen LogP contribution in [-0.4, -0.2) is 25.5 Å². The highest BCUT2D eigenvalue weighted by Crippen LogP contribution is 2.11. The molecular formula is C13H24N2O. The van der Waals surface area contributed by atoms with Crippen molar-refractivity contribution in [3.8, 4) is 0 Å². The van der Waals surface area contributed by atoms with Crippen LogP contribution in [0.25, 0.3) is 0 Å². The third kappa shape index (κ3) is 4.37. The van der Waals surface area contributed by atoms with Gasteiger partial charge in [0.25, 0.3) is 0 Å². The minimum Gasteiger partial charge on any atom is -0.468 e. The third-order valence-electron chi connectivity index (χ3n) is 2.83. The number of rotatable bonds is 7. The lowest BCUT2D eigenvalue weighted by Gasteiger charge is -2.18. The summed E-state index contributed by atoms with van der Waals surface area (Å²) in [4.78, 5) is 2.32. The van der Waals surface area contributed by atoms with Gasteiger partial charge in [-0.1, -0.05) is 20.3 Å². The fourth-order valence-electron chi connectivity index (χ4n) is 1.80. The van der Waals surface area contributed by atoms with Gasteiger partial charge in [-0.3, -0.25) is 4.90 Å². The van der Waals surface area contributed by atoms with Crippen molar-refractivity contribution in [3.05, 3.63) is 23.7 Å². The quantitative estimate of drug-likeness (QED) is 0.771. The van der Waals surface area contributed by atoms with Crippen LogP contribution in [0, 0.1) is 5.92 Å². The van der Waals surface area contributed by atoms with Gasteiger partial charge < -0.3 is 9.73 Å². The Labute approximate surface area is 98.8 Å². The maximum absolute atomic E-state index is 5.52. The average Bonchev–Trinajstić information content (AvgIpc) is 2.65. The van der Waals surface area contributed by atoms with Crippen LogP contribution in [0.4, 0.5) is 0 Å². The molecule has 0 aliphatic carbocycles. The Balaban J connectivity index is 2.40. The molecule has 0 aromatic carbocycles. The minimum absolute atomic E-state index is 0.747. The van der Waals surface area contributed by atoms with E-state index in [1.165, 1.54) is 12.0 Å². The van der Waals surface area contributed by atoms with Crippen LogP contribution in [0.15, 0.2) is 16.7 Å². The molecule has 3 nitrogen and oxygen atoms in total. The van der Waals surface area contributed by atoms with Gasteiger partial charge in [-0.25, -0.2) is 0 Å². The molecule has 1 N–H and O–H groups in total. The minimum atomic E-state index is 0.747. The van der Waals surface area contributed by atoms with E-state index in [0.717, 1.165) is 31.3 Å². The van der Waals surface area contributed by atoms with E-state index in [1.807, 2.05) is 13.3 Å². The molecule has 0 amide bonds. The zero-order valence-corrected chi connectivity index (χ0v) is 10.9. The topological polar surface area (TPSA) is 28.4 Å². The van der Waals surface area contributed by atoms with Crippen molar-refractivity contribution in [3.63, 3.8) is 0 Å². The second-order valence-electron chi connectivity index (χ2n) is 4.66. The molecule has 0 saturated heterocycles. The van der Waals surface area contributed by atoms with Gasteiger partial charge in [0.05, 0.1) is 12.8 Å². The summed E-state index contributed by atoms with van der Waals surface area (Å²) >= 11 is 0. The highest BCUT2D eigenvalue weighted by molar-refractivity contribution is 5.12. The number of hydrogen-bond acceptors (Lipinski definition) is 3. The highest BCUT2D eigenvalue weighted by atomic mass is 16.3. The molecule has 0 spiro atoms. The summed E-state index contributed by atoms with van der Waals surface area (Å²) in [7, 11) is 4.09. The highest BCUT2D eigenvalue weighted by Gasteiger charge is 2.07. The van der Waals surface area contributed by atoms with E-state index in [4.69, 9.17) is 4.42 Å². The molecule has 1 aromatic heterocycles. The maximum atomic E-state index is 5.52. The van der Waals surface area contributed by atoms with Crippen LogP contribution in [0.2, 0.25) is 0 Å². The van der Waals surface area contributed by atoms with E-state index in [0.29, 0.717) is 0 Å². The van der Waals surface area contributed by atoms with E-state index in [2.05, 4.69) is 37.2 Å². The van der Waals surface area contributed by atoms with Gasteiger partial charge in [-0.05, 0) is 26.1 Å². The summed E-state index contributed by atoms with van der Waals surface area (Å²) in [5.41, 5.74) is 1.22. The summed E-state index contributed by atoms with van der Waals surface area (Å²) in [6.45, 7) is 7.41. The molecule has 0 fully saturated rings. The lowest BCUT2D eigenvalue weighted by molar-refractivity contribution is 0.254. The van der Waals surface area contributed by atoms with Gasteiger partial charge in [0.2, 0.25) is 0 Å². The van der Waals surface area contributed by atoms with Crippen molar-refractivity contribution in [1.82, 2.24) is 10.2 Å². The molecule has 0 aliphatic heterocycles. The average molecular weight is 224 g/mol. The standard InChI is InChI=1S/C13H24N2O/c1-5-11(2)8-15(4)9-13-6-12(7-14-3)10-16-13/h6,10-11,14H,5,7-9H2,1-4H3. The van der Waals surface area contributed by atoms with Crippen molar-refractivity contribution in [2.24, 2.45) is 5.92 Å². The molecule has 0 radical (unpaired) electrons. The Morgan fingerprint density at radius 2 is 2.25 bits per heavy atom. The van der Waals surface area contributed by atoms with Crippen LogP contribution in [0.1, 0.15) is 31.6 Å². The molecule has 1 heterocycles. The SMILES string of the molecule is CCC(C)CN(C)Cc1cc(CNC)co1. The summed E-state index contributed by atoms with van der Waals surface area (Å²) < 4.78 is 5.52. The zero-order valence-electron chi connectivity index (χ0n) is 10.9. The van der Waals surface area contributed by atoms with Gasteiger partial charge >= 0.3 is 0 Å². The molecule has 0 aliphatic rings. The largest absolute Gasteiger partial charge is 0.468 e. The third-order valence-corrected chi connectivity index (χ3v) is 2.83. The van der Waals surface area contributed by atoms with Crippen molar-refractivity contribution in [2.45, 2.75) is 33.4 Å². The van der Waals surface area contributed by atoms with Crippen LogP contribution in [0.3, 0.4) is 0 Å². The van der Waals surface area contributed by atoms with Gasteiger partial charge in [-0.15, -0.1) is 0 Å². The monoisotopic (exact) mass is 224 g/mol. The van der Waals surface area contributed by atoms with E-state index in [1.54, 1.807) is 0 Å². The first-order chi connectivity index (χ1) is 7.65. The molecule has 1 unspecified atom stereocenters. The van der Waals surface area contributed by atoms with Crippen LogP contribution in [0.5, 0.6) is 0 Å². The van der Waals surface area contributed by atoms with E-state index < -0.39 is 0 Å². The number of nitrogens with zero attached hydrogens (tertiary/aromatic N) is 1. The van der Waals surface area contributed by atoms with Crippen molar-refractivity contribution in [2.75, 3.05) is 20.6 Å². The predicted molar refractivity (Wildman–Crippen MR) is 67.3 cm³/mol. The number of hydrogen-bond donors (Lipinski definition) is 1. The van der Waals surface area contributed by atoms with Gasteiger partial charge in [0.1, 0.15) is 5.76 Å². The van der Waals surface area contributed by atoms with Crippen molar-refractivity contribution < 1.29 is 4.42 Å². The van der Waals surface area contributed by atoms with Crippen molar-refractivity contribution >= 4 is 0 Å². The van der Waals surface area contributed by atoms with Crippen molar-refractivity contribution in [1.29, 1.82) is 0 Å². The smallest absolute Gasteiger partial charge is 0.118 e. The molecule has 0 saturated carbocycles. The second-order valence-corrected chi connectivity index (χ2v) is 4.66.